The van der Waals surface area contributed by atoms with Crippen LogP contribution in [0.4, 0.5) is 5.95 Å². The van der Waals surface area contributed by atoms with Gasteiger partial charge in [0.1, 0.15) is 11.8 Å². The lowest BCUT2D eigenvalue weighted by molar-refractivity contribution is -0.144. The molecular formula is C25H27N6O5P. The van der Waals surface area contributed by atoms with Crippen LogP contribution in [0.1, 0.15) is 25.0 Å². The van der Waals surface area contributed by atoms with Crippen LogP contribution in [0.15, 0.2) is 71.5 Å². The Labute approximate surface area is 212 Å². The predicted molar refractivity (Wildman–Crippen MR) is 141 cm³/mol. The van der Waals surface area contributed by atoms with Crippen molar-refractivity contribution in [3.8, 4) is 5.75 Å². The van der Waals surface area contributed by atoms with Gasteiger partial charge in [0, 0.05) is 5.82 Å². The van der Waals surface area contributed by atoms with Crippen molar-refractivity contribution in [2.45, 2.75) is 26.4 Å². The van der Waals surface area contributed by atoms with E-state index in [1.54, 1.807) is 48.8 Å². The van der Waals surface area contributed by atoms with Crippen molar-refractivity contribution >= 4 is 36.7 Å². The third-order valence-corrected chi connectivity index (χ3v) is 7.11. The van der Waals surface area contributed by atoms with Gasteiger partial charge in [-0.3, -0.25) is 19.1 Å². The van der Waals surface area contributed by atoms with Gasteiger partial charge in [-0.2, -0.15) is 4.98 Å². The Balaban J connectivity index is 1.65. The Morgan fingerprint density at radius 1 is 1.22 bits per heavy atom. The van der Waals surface area contributed by atoms with Crippen LogP contribution in [0.3, 0.4) is 0 Å². The second-order valence-corrected chi connectivity index (χ2v) is 10.0. The van der Waals surface area contributed by atoms with Crippen molar-refractivity contribution in [1.29, 1.82) is 0 Å². The van der Waals surface area contributed by atoms with Crippen molar-refractivity contribution in [1.82, 2.24) is 24.6 Å². The predicted octanol–water partition coefficient (Wildman–Crippen LogP) is 3.53. The minimum Gasteiger partial charge on any atom is -0.465 e. The van der Waals surface area contributed by atoms with Crippen molar-refractivity contribution in [3.05, 3.63) is 88.2 Å². The molecule has 2 heterocycles. The maximum absolute atomic E-state index is 13.8. The van der Waals surface area contributed by atoms with Crippen molar-refractivity contribution in [2.24, 2.45) is 0 Å². The molecule has 0 aliphatic rings. The molecule has 37 heavy (non-hydrogen) atoms. The molecule has 0 spiro atoms. The summed E-state index contributed by atoms with van der Waals surface area (Å²) in [5, 5.41) is 2.79. The lowest BCUT2D eigenvalue weighted by Crippen LogP contribution is -2.34. The quantitative estimate of drug-likeness (QED) is 0.210. The Morgan fingerprint density at radius 3 is 2.70 bits per heavy atom. The van der Waals surface area contributed by atoms with Gasteiger partial charge in [-0.05, 0) is 43.2 Å². The smallest absolute Gasteiger partial charge is 0.340 e. The first-order valence-corrected chi connectivity index (χ1v) is 13.2. The van der Waals surface area contributed by atoms with Crippen LogP contribution < -0.4 is 20.9 Å². The molecule has 2 aromatic carbocycles. The SMILES string of the molecule is CCOC(=O)[C@H](C)NP(=O)(/C=C/c1ccccc1Cn1cnc2c(=O)[nH]c(N)nc21)Oc1ccccc1. The number of hydrogen-bond acceptors (Lipinski definition) is 8. The number of nitrogens with zero attached hydrogens (tertiary/aromatic N) is 3. The fourth-order valence-corrected chi connectivity index (χ4v) is 5.25. The highest BCUT2D eigenvalue weighted by Gasteiger charge is 2.28. The van der Waals surface area contributed by atoms with Crippen LogP contribution in [0, 0.1) is 0 Å². The number of fused-ring (bicyclic) bond motifs is 1. The van der Waals surface area contributed by atoms with Crippen LogP contribution in [0.25, 0.3) is 17.2 Å². The standard InChI is InChI=1S/C25H27N6O5P/c1-3-35-24(33)17(2)30-37(34,36-20-11-5-4-6-12-20)14-13-18-9-7-8-10-19(18)15-31-16-27-21-22(31)28-25(26)29-23(21)32/h4-14,16-17H,3,15H2,1-2H3,(H,30,34)(H3,26,28,29,32)/b14-13+/t17-,37?/m0/s1. The number of para-hydroxylation sites is 1. The number of carbonyl (C=O) groups is 1. The molecule has 2 atom stereocenters. The molecule has 11 nitrogen and oxygen atoms in total. The van der Waals surface area contributed by atoms with Crippen LogP contribution in [0.2, 0.25) is 0 Å². The lowest BCUT2D eigenvalue weighted by atomic mass is 10.1. The molecule has 2 aromatic heterocycles. The molecule has 12 heteroatoms. The molecule has 192 valence electrons. The molecule has 0 saturated heterocycles. The van der Waals surface area contributed by atoms with Gasteiger partial charge in [-0.1, -0.05) is 42.5 Å². The topological polar surface area (TPSA) is 154 Å². The van der Waals surface area contributed by atoms with Gasteiger partial charge in [-0.15, -0.1) is 0 Å². The summed E-state index contributed by atoms with van der Waals surface area (Å²) in [4.78, 5) is 35.1. The Morgan fingerprint density at radius 2 is 1.95 bits per heavy atom. The molecule has 0 aliphatic carbocycles. The summed E-state index contributed by atoms with van der Waals surface area (Å²) in [5.74, 6) is 1.25. The highest BCUT2D eigenvalue weighted by Crippen LogP contribution is 2.46. The summed E-state index contributed by atoms with van der Waals surface area (Å²) in [6, 6.07) is 15.3. The minimum atomic E-state index is -3.71. The lowest BCUT2D eigenvalue weighted by Gasteiger charge is -2.21. The Kier molecular flexibility index (Phi) is 7.86. The van der Waals surface area contributed by atoms with E-state index < -0.39 is 25.1 Å². The zero-order valence-corrected chi connectivity index (χ0v) is 21.2. The second kappa shape index (κ2) is 11.2. The van der Waals surface area contributed by atoms with Gasteiger partial charge < -0.3 is 19.6 Å². The van der Waals surface area contributed by atoms with E-state index >= 15 is 0 Å². The first-order chi connectivity index (χ1) is 17.8. The second-order valence-electron chi connectivity index (χ2n) is 8.11. The number of imidazole rings is 1. The first-order valence-electron chi connectivity index (χ1n) is 11.5. The van der Waals surface area contributed by atoms with Gasteiger partial charge in [0.05, 0.1) is 19.5 Å². The van der Waals surface area contributed by atoms with Crippen LogP contribution in [-0.4, -0.2) is 38.1 Å². The summed E-state index contributed by atoms with van der Waals surface area (Å²) >= 11 is 0. The summed E-state index contributed by atoms with van der Waals surface area (Å²) < 4.78 is 26.4. The molecule has 4 aromatic rings. The molecule has 4 rings (SSSR count). The van der Waals surface area contributed by atoms with Gasteiger partial charge in [0.25, 0.3) is 5.56 Å². The third-order valence-electron chi connectivity index (χ3n) is 5.34. The Bertz CT molecular complexity index is 1530. The number of aromatic amines is 1. The third kappa shape index (κ3) is 6.32. The molecule has 0 saturated carbocycles. The molecule has 0 fully saturated rings. The van der Waals surface area contributed by atoms with E-state index in [1.807, 2.05) is 30.3 Å². The van der Waals surface area contributed by atoms with E-state index in [0.717, 1.165) is 11.1 Å². The van der Waals surface area contributed by atoms with Crippen LogP contribution >= 0.6 is 7.52 Å². The highest BCUT2D eigenvalue weighted by atomic mass is 31.2. The van der Waals surface area contributed by atoms with Crippen molar-refractivity contribution < 1.29 is 18.6 Å². The van der Waals surface area contributed by atoms with E-state index in [1.165, 1.54) is 12.1 Å². The summed E-state index contributed by atoms with van der Waals surface area (Å²) in [6.45, 7) is 3.78. The molecular weight excluding hydrogens is 495 g/mol. The maximum atomic E-state index is 13.8. The zero-order valence-electron chi connectivity index (χ0n) is 20.3. The zero-order chi connectivity index (χ0) is 26.4. The number of anilines is 1. The number of aromatic nitrogens is 4. The fraction of sp³-hybridized carbons (Fsp3) is 0.200. The number of H-pyrrole nitrogens is 1. The minimum absolute atomic E-state index is 0.00627. The fourth-order valence-electron chi connectivity index (χ4n) is 3.62. The van der Waals surface area contributed by atoms with Gasteiger partial charge >= 0.3 is 13.5 Å². The highest BCUT2D eigenvalue weighted by molar-refractivity contribution is 7.60. The summed E-state index contributed by atoms with van der Waals surface area (Å²) in [5.41, 5.74) is 7.40. The summed E-state index contributed by atoms with van der Waals surface area (Å²) in [7, 11) is -3.71. The number of ether oxygens (including phenoxy) is 1. The van der Waals surface area contributed by atoms with Crippen molar-refractivity contribution in [3.63, 3.8) is 0 Å². The van der Waals surface area contributed by atoms with E-state index in [2.05, 4.69) is 20.0 Å². The van der Waals surface area contributed by atoms with Gasteiger partial charge in [0.2, 0.25) is 5.95 Å². The number of esters is 1. The van der Waals surface area contributed by atoms with Gasteiger partial charge in [0.15, 0.2) is 11.2 Å². The van der Waals surface area contributed by atoms with Crippen molar-refractivity contribution in [2.75, 3.05) is 12.3 Å². The molecule has 1 unspecified atom stereocenters. The number of hydrogen-bond donors (Lipinski definition) is 3. The monoisotopic (exact) mass is 522 g/mol. The number of nitrogens with two attached hydrogens (primary N) is 1. The van der Waals surface area contributed by atoms with Crippen LogP contribution in [-0.2, 0) is 20.6 Å². The molecule has 0 bridgehead atoms. The molecule has 0 amide bonds. The van der Waals surface area contributed by atoms with Gasteiger partial charge in [-0.25, -0.2) is 10.1 Å². The normalized spacial score (nSPS) is 13.9. The molecule has 0 radical (unpaired) electrons. The maximum Gasteiger partial charge on any atom is 0.340 e. The largest absolute Gasteiger partial charge is 0.465 e. The van der Waals surface area contributed by atoms with E-state index in [-0.39, 0.29) is 18.1 Å². The number of carbonyl (C=O) groups excluding carboxylic acids is 1. The van der Waals surface area contributed by atoms with E-state index in [4.69, 9.17) is 15.0 Å². The van der Waals surface area contributed by atoms with E-state index in [9.17, 15) is 14.2 Å². The first kappa shape index (κ1) is 25.9. The van der Waals surface area contributed by atoms with Crippen LogP contribution in [0.5, 0.6) is 5.75 Å². The molecule has 4 N–H and O–H groups in total. The molecule has 0 aliphatic heterocycles. The number of nitrogens with one attached hydrogen (secondary N) is 2. The van der Waals surface area contributed by atoms with E-state index in [0.29, 0.717) is 17.9 Å². The Hall–Kier alpha value is -4.21. The average Bonchev–Trinajstić information content (AvgIpc) is 3.27. The number of benzene rings is 2. The number of rotatable bonds is 10. The average molecular weight is 523 g/mol. The number of nitrogen functional groups attached to an aromatic ring is 1. The summed E-state index contributed by atoms with van der Waals surface area (Å²) in [6.07, 6.45) is 3.18.